The van der Waals surface area contributed by atoms with Crippen LogP contribution in [0.25, 0.3) is 0 Å². The molecule has 0 aromatic heterocycles. The molecule has 0 aliphatic carbocycles. The van der Waals surface area contributed by atoms with Crippen LogP contribution >= 0.6 is 35.0 Å². The Kier molecular flexibility index (Phi) is 5.59. The van der Waals surface area contributed by atoms with Crippen molar-refractivity contribution in [3.63, 3.8) is 0 Å². The van der Waals surface area contributed by atoms with Crippen molar-refractivity contribution in [3.8, 4) is 0 Å². The number of aliphatic hydroxyl groups excluding tert-OH is 1. The Morgan fingerprint density at radius 2 is 1.58 bits per heavy atom. The zero-order valence-electron chi connectivity index (χ0n) is 10.2. The highest BCUT2D eigenvalue weighted by Gasteiger charge is 2.10. The van der Waals surface area contributed by atoms with Crippen LogP contribution in [0.2, 0.25) is 10.0 Å². The van der Waals surface area contributed by atoms with Crippen molar-refractivity contribution >= 4 is 35.0 Å². The van der Waals surface area contributed by atoms with Gasteiger partial charge in [-0.2, -0.15) is 0 Å². The minimum atomic E-state index is -0.443. The van der Waals surface area contributed by atoms with Crippen LogP contribution in [0.15, 0.2) is 53.4 Å². The Balaban J connectivity index is 1.90. The summed E-state index contributed by atoms with van der Waals surface area (Å²) in [5, 5.41) is 11.5. The quantitative estimate of drug-likeness (QED) is 0.808. The Bertz CT molecular complexity index is 545. The van der Waals surface area contributed by atoms with Gasteiger partial charge in [0.1, 0.15) is 0 Å². The molecule has 19 heavy (non-hydrogen) atoms. The van der Waals surface area contributed by atoms with Gasteiger partial charge in [-0.3, -0.25) is 0 Å². The highest BCUT2D eigenvalue weighted by Crippen LogP contribution is 2.28. The number of halogens is 2. The van der Waals surface area contributed by atoms with Crippen molar-refractivity contribution in [1.82, 2.24) is 0 Å². The zero-order chi connectivity index (χ0) is 13.7. The second-order valence-corrected chi connectivity index (χ2v) is 6.07. The average Bonchev–Trinajstić information content (AvgIpc) is 2.40. The van der Waals surface area contributed by atoms with Crippen LogP contribution in [-0.2, 0) is 6.42 Å². The Morgan fingerprint density at radius 3 is 2.26 bits per heavy atom. The van der Waals surface area contributed by atoms with Gasteiger partial charge in [-0.1, -0.05) is 53.5 Å². The van der Waals surface area contributed by atoms with Crippen molar-refractivity contribution in [2.45, 2.75) is 17.4 Å². The Morgan fingerprint density at radius 1 is 0.947 bits per heavy atom. The summed E-state index contributed by atoms with van der Waals surface area (Å²) in [7, 11) is 0. The van der Waals surface area contributed by atoms with Crippen molar-refractivity contribution in [1.29, 1.82) is 0 Å². The Labute approximate surface area is 127 Å². The maximum absolute atomic E-state index is 10.1. The zero-order valence-corrected chi connectivity index (χ0v) is 12.6. The summed E-state index contributed by atoms with van der Waals surface area (Å²) in [6.07, 6.45) is 0.109. The normalized spacial score (nSPS) is 12.4. The summed E-state index contributed by atoms with van der Waals surface area (Å²) in [6.45, 7) is 0. The number of benzene rings is 2. The van der Waals surface area contributed by atoms with Gasteiger partial charge in [-0.15, -0.1) is 11.8 Å². The largest absolute Gasteiger partial charge is 0.392 e. The minimum Gasteiger partial charge on any atom is -0.392 e. The molecule has 1 nitrogen and oxygen atoms in total. The standard InChI is InChI=1S/C15H14Cl2OS/c16-13-6-2-1-5-11(13)9-12(18)10-19-15-8-4-3-7-14(15)17/h1-8,12,18H,9-10H2. The van der Waals surface area contributed by atoms with E-state index in [0.29, 0.717) is 17.2 Å². The molecule has 2 rings (SSSR count). The van der Waals surface area contributed by atoms with Gasteiger partial charge in [0.05, 0.1) is 11.1 Å². The van der Waals surface area contributed by atoms with E-state index in [9.17, 15) is 5.11 Å². The molecular weight excluding hydrogens is 299 g/mol. The van der Waals surface area contributed by atoms with E-state index in [0.717, 1.165) is 15.5 Å². The fourth-order valence-electron chi connectivity index (χ4n) is 1.72. The molecule has 0 saturated heterocycles. The molecule has 1 unspecified atom stereocenters. The highest BCUT2D eigenvalue weighted by molar-refractivity contribution is 7.99. The molecule has 0 saturated carbocycles. The molecule has 0 fully saturated rings. The maximum Gasteiger partial charge on any atom is 0.0674 e. The number of aliphatic hydroxyl groups is 1. The molecule has 0 bridgehead atoms. The molecule has 2 aromatic carbocycles. The van der Waals surface area contributed by atoms with Crippen LogP contribution in [0.5, 0.6) is 0 Å². The molecule has 100 valence electrons. The smallest absolute Gasteiger partial charge is 0.0674 e. The van der Waals surface area contributed by atoms with Crippen molar-refractivity contribution in [3.05, 3.63) is 64.1 Å². The topological polar surface area (TPSA) is 20.2 Å². The summed E-state index contributed by atoms with van der Waals surface area (Å²) in [6, 6.07) is 15.2. The summed E-state index contributed by atoms with van der Waals surface area (Å²) >= 11 is 13.7. The van der Waals surface area contributed by atoms with E-state index in [-0.39, 0.29) is 0 Å². The van der Waals surface area contributed by atoms with E-state index in [1.165, 1.54) is 0 Å². The third-order valence-electron chi connectivity index (χ3n) is 2.68. The first-order valence-electron chi connectivity index (χ1n) is 5.95. The number of thioether (sulfide) groups is 1. The van der Waals surface area contributed by atoms with Gasteiger partial charge >= 0.3 is 0 Å². The minimum absolute atomic E-state index is 0.443. The van der Waals surface area contributed by atoms with Crippen molar-refractivity contribution in [2.75, 3.05) is 5.75 Å². The SMILES string of the molecule is OC(CSc1ccccc1Cl)Cc1ccccc1Cl. The van der Waals surface area contributed by atoms with E-state index < -0.39 is 6.10 Å². The Hall–Kier alpha value is -0.670. The lowest BCUT2D eigenvalue weighted by molar-refractivity contribution is 0.200. The summed E-state index contributed by atoms with van der Waals surface area (Å²) in [4.78, 5) is 0.988. The molecule has 4 heteroatoms. The fraction of sp³-hybridized carbons (Fsp3) is 0.200. The summed E-state index contributed by atoms with van der Waals surface area (Å²) < 4.78 is 0. The van der Waals surface area contributed by atoms with Crippen LogP contribution in [0.3, 0.4) is 0 Å². The van der Waals surface area contributed by atoms with E-state index in [1.807, 2.05) is 48.5 Å². The molecular formula is C15H14Cl2OS. The molecule has 0 aliphatic rings. The number of hydrogen-bond acceptors (Lipinski definition) is 2. The number of rotatable bonds is 5. The average molecular weight is 313 g/mol. The van der Waals surface area contributed by atoms with Crippen LogP contribution < -0.4 is 0 Å². The van der Waals surface area contributed by atoms with E-state index in [2.05, 4.69) is 0 Å². The predicted octanol–water partition coefficient (Wildman–Crippen LogP) is 4.69. The third kappa shape index (κ3) is 4.43. The van der Waals surface area contributed by atoms with Crippen molar-refractivity contribution in [2.24, 2.45) is 0 Å². The molecule has 1 N–H and O–H groups in total. The molecule has 0 spiro atoms. The second-order valence-electron chi connectivity index (χ2n) is 4.19. The molecule has 1 atom stereocenters. The maximum atomic E-state index is 10.1. The van der Waals surface area contributed by atoms with Crippen LogP contribution in [0.1, 0.15) is 5.56 Å². The molecule has 2 aromatic rings. The van der Waals surface area contributed by atoms with Gasteiger partial charge < -0.3 is 5.11 Å². The first kappa shape index (κ1) is 14.7. The van der Waals surface area contributed by atoms with E-state index in [4.69, 9.17) is 23.2 Å². The van der Waals surface area contributed by atoms with Gasteiger partial charge in [-0.25, -0.2) is 0 Å². The third-order valence-corrected chi connectivity index (χ3v) is 4.71. The van der Waals surface area contributed by atoms with Gasteiger partial charge in [0.15, 0.2) is 0 Å². The van der Waals surface area contributed by atoms with E-state index in [1.54, 1.807) is 11.8 Å². The van der Waals surface area contributed by atoms with E-state index >= 15 is 0 Å². The fourth-order valence-corrected chi connectivity index (χ4v) is 3.11. The van der Waals surface area contributed by atoms with Crippen LogP contribution in [-0.4, -0.2) is 17.0 Å². The first-order valence-corrected chi connectivity index (χ1v) is 7.70. The molecule has 0 aliphatic heterocycles. The predicted molar refractivity (Wildman–Crippen MR) is 83.3 cm³/mol. The van der Waals surface area contributed by atoms with Gasteiger partial charge in [0.25, 0.3) is 0 Å². The monoisotopic (exact) mass is 312 g/mol. The van der Waals surface area contributed by atoms with Crippen molar-refractivity contribution < 1.29 is 5.11 Å². The summed E-state index contributed by atoms with van der Waals surface area (Å²) in [5.74, 6) is 0.592. The summed E-state index contributed by atoms with van der Waals surface area (Å²) in [5.41, 5.74) is 0.969. The van der Waals surface area contributed by atoms with Crippen LogP contribution in [0.4, 0.5) is 0 Å². The molecule has 0 heterocycles. The molecule has 0 amide bonds. The van der Waals surface area contributed by atoms with Gasteiger partial charge in [0, 0.05) is 22.1 Å². The first-order chi connectivity index (χ1) is 9.16. The lowest BCUT2D eigenvalue weighted by Gasteiger charge is -2.12. The lowest BCUT2D eigenvalue weighted by Crippen LogP contribution is -2.13. The van der Waals surface area contributed by atoms with Gasteiger partial charge in [-0.05, 0) is 23.8 Å². The number of hydrogen-bond donors (Lipinski definition) is 1. The highest BCUT2D eigenvalue weighted by atomic mass is 35.5. The van der Waals surface area contributed by atoms with Crippen LogP contribution in [0, 0.1) is 0 Å². The van der Waals surface area contributed by atoms with Gasteiger partial charge in [0.2, 0.25) is 0 Å². The second kappa shape index (κ2) is 7.20. The molecule has 0 radical (unpaired) electrons. The lowest BCUT2D eigenvalue weighted by atomic mass is 10.1.